The number of nitrogens with zero attached hydrogens (tertiary/aromatic N) is 3. The van der Waals surface area contributed by atoms with E-state index in [9.17, 15) is 19.1 Å². The van der Waals surface area contributed by atoms with Crippen molar-refractivity contribution in [2.45, 2.75) is 44.3 Å². The van der Waals surface area contributed by atoms with Gasteiger partial charge in [-0.25, -0.2) is 14.4 Å². The SMILES string of the molecule is COc1cc(F)cc([C@@H](/C=C/O)NC(=O)[C@H](C)N2CCc3sc(-c4nc(NC5CCOCC5)ncc4Cl)cc3C2=O)c1. The number of hydrogen-bond acceptors (Lipinski definition) is 9. The van der Waals surface area contributed by atoms with E-state index in [2.05, 4.69) is 20.6 Å². The lowest BCUT2D eigenvalue weighted by Gasteiger charge is -2.32. The number of ether oxygens (including phenoxy) is 2. The van der Waals surface area contributed by atoms with Crippen LogP contribution in [-0.2, 0) is 16.0 Å². The molecule has 1 saturated heterocycles. The van der Waals surface area contributed by atoms with Gasteiger partial charge < -0.3 is 30.1 Å². The Bertz CT molecular complexity index is 1500. The van der Waals surface area contributed by atoms with E-state index >= 15 is 0 Å². The molecule has 13 heteroatoms. The molecule has 3 N–H and O–H groups in total. The third kappa shape index (κ3) is 6.50. The minimum Gasteiger partial charge on any atom is -0.516 e. The van der Waals surface area contributed by atoms with Crippen LogP contribution in [0, 0.1) is 5.82 Å². The number of nitrogens with one attached hydrogen (secondary N) is 2. The molecule has 0 saturated carbocycles. The fraction of sp³-hybridized carbons (Fsp3) is 0.379. The summed E-state index contributed by atoms with van der Waals surface area (Å²) in [7, 11) is 1.41. The van der Waals surface area contributed by atoms with Crippen LogP contribution < -0.4 is 15.4 Å². The van der Waals surface area contributed by atoms with Crippen LogP contribution in [-0.4, -0.2) is 70.7 Å². The molecule has 3 aromatic rings. The molecule has 2 aliphatic rings. The third-order valence-corrected chi connectivity index (χ3v) is 8.80. The molecule has 1 aromatic carbocycles. The van der Waals surface area contributed by atoms with Gasteiger partial charge >= 0.3 is 0 Å². The van der Waals surface area contributed by atoms with Gasteiger partial charge in [0.05, 0.1) is 41.1 Å². The van der Waals surface area contributed by atoms with E-state index in [1.54, 1.807) is 25.3 Å². The number of halogens is 2. The van der Waals surface area contributed by atoms with Crippen LogP contribution >= 0.6 is 22.9 Å². The lowest BCUT2D eigenvalue weighted by molar-refractivity contribution is -0.125. The molecule has 2 aromatic heterocycles. The molecule has 42 heavy (non-hydrogen) atoms. The van der Waals surface area contributed by atoms with Crippen molar-refractivity contribution >= 4 is 40.7 Å². The van der Waals surface area contributed by atoms with E-state index in [-0.39, 0.29) is 17.7 Å². The second-order valence-electron chi connectivity index (χ2n) is 10.0. The normalized spacial score (nSPS) is 17.1. The fourth-order valence-corrected chi connectivity index (χ4v) is 6.41. The first-order chi connectivity index (χ1) is 20.3. The van der Waals surface area contributed by atoms with Gasteiger partial charge in [0, 0.05) is 43.2 Å². The smallest absolute Gasteiger partial charge is 0.255 e. The summed E-state index contributed by atoms with van der Waals surface area (Å²) < 4.78 is 24.7. The molecule has 0 radical (unpaired) electrons. The summed E-state index contributed by atoms with van der Waals surface area (Å²) in [5.41, 5.74) is 1.41. The second kappa shape index (κ2) is 13.1. The summed E-state index contributed by atoms with van der Waals surface area (Å²) in [6.45, 7) is 3.34. The highest BCUT2D eigenvalue weighted by Crippen LogP contribution is 2.37. The zero-order chi connectivity index (χ0) is 29.8. The number of aliphatic hydroxyl groups is 1. The van der Waals surface area contributed by atoms with Crippen LogP contribution in [0.5, 0.6) is 5.75 Å². The van der Waals surface area contributed by atoms with Crippen molar-refractivity contribution in [1.29, 1.82) is 0 Å². The molecular formula is C29H31ClFN5O5S. The molecule has 2 aliphatic heterocycles. The summed E-state index contributed by atoms with van der Waals surface area (Å²) in [6.07, 6.45) is 5.92. The number of carbonyl (C=O) groups excluding carboxylic acids is 2. The summed E-state index contributed by atoms with van der Waals surface area (Å²) in [5, 5.41) is 15.9. The van der Waals surface area contributed by atoms with Crippen molar-refractivity contribution in [3.63, 3.8) is 0 Å². The summed E-state index contributed by atoms with van der Waals surface area (Å²) in [5.74, 6) is -0.561. The number of rotatable bonds is 9. The quantitative estimate of drug-likeness (QED) is 0.290. The average molecular weight is 616 g/mol. The van der Waals surface area contributed by atoms with E-state index in [1.807, 2.05) is 0 Å². The number of amides is 2. The van der Waals surface area contributed by atoms with Gasteiger partial charge in [-0.1, -0.05) is 11.6 Å². The first kappa shape index (κ1) is 29.7. The Morgan fingerprint density at radius 1 is 1.31 bits per heavy atom. The Balaban J connectivity index is 1.32. The maximum absolute atomic E-state index is 14.1. The molecule has 0 spiro atoms. The lowest BCUT2D eigenvalue weighted by atomic mass is 10.0. The molecular weight excluding hydrogens is 585 g/mol. The number of methoxy groups -OCH3 is 1. The number of aromatic nitrogens is 2. The molecule has 10 nitrogen and oxygen atoms in total. The maximum atomic E-state index is 14.1. The van der Waals surface area contributed by atoms with Crippen LogP contribution in [0.15, 0.2) is 42.8 Å². The van der Waals surface area contributed by atoms with Gasteiger partial charge in [0.25, 0.3) is 5.91 Å². The van der Waals surface area contributed by atoms with E-state index in [4.69, 9.17) is 21.1 Å². The first-order valence-corrected chi connectivity index (χ1v) is 14.7. The van der Waals surface area contributed by atoms with Crippen LogP contribution in [0.3, 0.4) is 0 Å². The van der Waals surface area contributed by atoms with Crippen molar-refractivity contribution < 1.29 is 28.6 Å². The summed E-state index contributed by atoms with van der Waals surface area (Å²) >= 11 is 7.93. The fourth-order valence-electron chi connectivity index (χ4n) is 5.02. The Hall–Kier alpha value is -3.74. The van der Waals surface area contributed by atoms with Crippen molar-refractivity contribution in [2.24, 2.45) is 0 Å². The van der Waals surface area contributed by atoms with Crippen LogP contribution in [0.1, 0.15) is 46.6 Å². The molecule has 2 amide bonds. The van der Waals surface area contributed by atoms with Crippen molar-refractivity contribution in [3.8, 4) is 16.3 Å². The Morgan fingerprint density at radius 3 is 2.83 bits per heavy atom. The van der Waals surface area contributed by atoms with Crippen molar-refractivity contribution in [2.75, 3.05) is 32.2 Å². The molecule has 0 unspecified atom stereocenters. The van der Waals surface area contributed by atoms with Crippen molar-refractivity contribution in [3.05, 3.63) is 69.6 Å². The maximum Gasteiger partial charge on any atom is 0.255 e. The lowest BCUT2D eigenvalue weighted by Crippen LogP contribution is -2.50. The highest BCUT2D eigenvalue weighted by Gasteiger charge is 2.34. The van der Waals surface area contributed by atoms with E-state index in [1.165, 1.54) is 41.6 Å². The average Bonchev–Trinajstić information content (AvgIpc) is 3.43. The van der Waals surface area contributed by atoms with E-state index in [0.29, 0.717) is 54.0 Å². The monoisotopic (exact) mass is 615 g/mol. The Kier molecular flexibility index (Phi) is 9.24. The summed E-state index contributed by atoms with van der Waals surface area (Å²) in [4.78, 5) is 39.0. The van der Waals surface area contributed by atoms with Gasteiger partial charge in [-0.05, 0) is 49.6 Å². The molecule has 1 fully saturated rings. The third-order valence-electron chi connectivity index (χ3n) is 7.32. The predicted octanol–water partition coefficient (Wildman–Crippen LogP) is 4.91. The second-order valence-corrected chi connectivity index (χ2v) is 11.6. The highest BCUT2D eigenvalue weighted by molar-refractivity contribution is 7.16. The van der Waals surface area contributed by atoms with Crippen LogP contribution in [0.2, 0.25) is 5.02 Å². The zero-order valence-corrected chi connectivity index (χ0v) is 24.7. The Labute approximate surface area is 251 Å². The van der Waals surface area contributed by atoms with Crippen LogP contribution in [0.25, 0.3) is 10.6 Å². The highest BCUT2D eigenvalue weighted by atomic mass is 35.5. The van der Waals surface area contributed by atoms with E-state index in [0.717, 1.165) is 28.9 Å². The van der Waals surface area contributed by atoms with Gasteiger partial charge in [0.2, 0.25) is 11.9 Å². The minimum absolute atomic E-state index is 0.211. The molecule has 0 bridgehead atoms. The Morgan fingerprint density at radius 2 is 2.10 bits per heavy atom. The molecule has 0 aliphatic carbocycles. The standard InChI is InChI=1S/C29H31ClFN5O5S/c1-16(27(38)34-23(4-8-37)17-11-18(31)13-20(12-17)40-2)36-7-3-24-21(28(36)39)14-25(42-24)26-22(30)15-32-29(35-26)33-19-5-9-41-10-6-19/h4,8,11-16,19,23,37H,3,5-7,9-10H2,1-2H3,(H,34,38)(H,32,33,35)/b8-4+/t16-,23+/m0/s1. The largest absolute Gasteiger partial charge is 0.516 e. The van der Waals surface area contributed by atoms with E-state index < -0.39 is 23.8 Å². The van der Waals surface area contributed by atoms with Crippen molar-refractivity contribution in [1.82, 2.24) is 20.2 Å². The predicted molar refractivity (Wildman–Crippen MR) is 158 cm³/mol. The van der Waals surface area contributed by atoms with Gasteiger partial charge in [0.1, 0.15) is 23.3 Å². The van der Waals surface area contributed by atoms with Gasteiger partial charge in [0.15, 0.2) is 0 Å². The minimum atomic E-state index is -0.846. The topological polar surface area (TPSA) is 126 Å². The summed E-state index contributed by atoms with van der Waals surface area (Å²) in [6, 6.07) is 4.31. The molecule has 222 valence electrons. The molecule has 4 heterocycles. The number of thiophene rings is 1. The number of anilines is 1. The zero-order valence-electron chi connectivity index (χ0n) is 23.1. The number of aliphatic hydroxyl groups excluding tert-OH is 1. The number of hydrogen-bond donors (Lipinski definition) is 3. The van der Waals surface area contributed by atoms with Gasteiger partial charge in [-0.3, -0.25) is 9.59 Å². The molecule has 5 rings (SSSR count). The number of benzene rings is 1. The number of carbonyl (C=O) groups is 2. The number of fused-ring (bicyclic) bond motifs is 1. The molecule has 2 atom stereocenters. The van der Waals surface area contributed by atoms with Crippen LogP contribution in [0.4, 0.5) is 10.3 Å². The van der Waals surface area contributed by atoms with Gasteiger partial charge in [-0.2, -0.15) is 0 Å². The first-order valence-electron chi connectivity index (χ1n) is 13.5. The van der Waals surface area contributed by atoms with Gasteiger partial charge in [-0.15, -0.1) is 11.3 Å².